The fourth-order valence-electron chi connectivity index (χ4n) is 2.16. The molecule has 1 aliphatic rings. The van der Waals surface area contributed by atoms with Crippen molar-refractivity contribution in [3.63, 3.8) is 0 Å². The topological polar surface area (TPSA) is 58.2 Å². The molecule has 2 amide bonds. The lowest BCUT2D eigenvalue weighted by atomic mass is 10.0. The molecular weight excluding hydrogens is 240 g/mol. The lowest BCUT2D eigenvalue weighted by molar-refractivity contribution is -0.116. The third-order valence-corrected chi connectivity index (χ3v) is 3.22. The smallest absolute Gasteiger partial charge is 0.251 e. The van der Waals surface area contributed by atoms with Gasteiger partial charge in [0.25, 0.3) is 5.91 Å². The van der Waals surface area contributed by atoms with Gasteiger partial charge in [-0.2, -0.15) is 0 Å². The minimum atomic E-state index is -0.131. The van der Waals surface area contributed by atoms with Gasteiger partial charge >= 0.3 is 0 Å². The number of hydrogen-bond donors (Lipinski definition) is 2. The van der Waals surface area contributed by atoms with Crippen LogP contribution in [0.15, 0.2) is 36.4 Å². The molecule has 100 valence electrons. The minimum Gasteiger partial charge on any atom is -0.355 e. The third kappa shape index (κ3) is 3.68. The summed E-state index contributed by atoms with van der Waals surface area (Å²) in [5.74, 6) is 0.253. The highest BCUT2D eigenvalue weighted by Gasteiger charge is 2.14. The Morgan fingerprint density at radius 2 is 2.00 bits per heavy atom. The standard InChI is InChI=1S/C15H18N2O2/c1-16-15(19)12-6-8-13(9-7-12)17-14(18)10-11-4-2-3-5-11/h2,4,6-9,11H,3,5,10H2,1H3,(H,16,19)(H,17,18). The van der Waals surface area contributed by atoms with Crippen LogP contribution in [0.1, 0.15) is 29.6 Å². The second-order valence-electron chi connectivity index (χ2n) is 4.67. The average molecular weight is 258 g/mol. The molecule has 1 aliphatic carbocycles. The summed E-state index contributed by atoms with van der Waals surface area (Å²) >= 11 is 0. The zero-order valence-electron chi connectivity index (χ0n) is 11.0. The highest BCUT2D eigenvalue weighted by molar-refractivity contribution is 5.95. The molecule has 0 radical (unpaired) electrons. The van der Waals surface area contributed by atoms with Gasteiger partial charge in [0, 0.05) is 24.7 Å². The predicted molar refractivity (Wildman–Crippen MR) is 74.9 cm³/mol. The number of amides is 2. The van der Waals surface area contributed by atoms with Crippen molar-refractivity contribution in [1.82, 2.24) is 5.32 Å². The van der Waals surface area contributed by atoms with E-state index in [1.807, 2.05) is 0 Å². The van der Waals surface area contributed by atoms with Crippen molar-refractivity contribution in [2.24, 2.45) is 5.92 Å². The number of anilines is 1. The number of hydrogen-bond acceptors (Lipinski definition) is 2. The minimum absolute atomic E-state index is 0.0178. The molecule has 0 heterocycles. The summed E-state index contributed by atoms with van der Waals surface area (Å²) in [4.78, 5) is 23.2. The van der Waals surface area contributed by atoms with Crippen LogP contribution < -0.4 is 10.6 Å². The fraction of sp³-hybridized carbons (Fsp3) is 0.333. The van der Waals surface area contributed by atoms with Crippen molar-refractivity contribution in [2.75, 3.05) is 12.4 Å². The van der Waals surface area contributed by atoms with Crippen LogP contribution >= 0.6 is 0 Å². The quantitative estimate of drug-likeness (QED) is 0.814. The molecule has 19 heavy (non-hydrogen) atoms. The molecule has 1 atom stereocenters. The van der Waals surface area contributed by atoms with Crippen LogP contribution in [0.3, 0.4) is 0 Å². The van der Waals surface area contributed by atoms with Crippen molar-refractivity contribution in [2.45, 2.75) is 19.3 Å². The third-order valence-electron chi connectivity index (χ3n) is 3.22. The van der Waals surface area contributed by atoms with Gasteiger partial charge in [0.1, 0.15) is 0 Å². The molecule has 0 aromatic heterocycles. The summed E-state index contributed by atoms with van der Waals surface area (Å²) < 4.78 is 0. The lowest BCUT2D eigenvalue weighted by Crippen LogP contribution is -2.18. The van der Waals surface area contributed by atoms with Crippen LogP contribution in [0.25, 0.3) is 0 Å². The Morgan fingerprint density at radius 1 is 1.26 bits per heavy atom. The Kier molecular flexibility index (Phi) is 4.34. The van der Waals surface area contributed by atoms with Crippen LogP contribution in [0.5, 0.6) is 0 Å². The van der Waals surface area contributed by atoms with E-state index in [0.29, 0.717) is 17.9 Å². The first-order valence-electron chi connectivity index (χ1n) is 6.47. The summed E-state index contributed by atoms with van der Waals surface area (Å²) in [6.07, 6.45) is 6.87. The van der Waals surface area contributed by atoms with Crippen molar-refractivity contribution >= 4 is 17.5 Å². The van der Waals surface area contributed by atoms with E-state index in [0.717, 1.165) is 18.5 Å². The lowest BCUT2D eigenvalue weighted by Gasteiger charge is -2.09. The number of allylic oxidation sites excluding steroid dienone is 2. The number of rotatable bonds is 4. The Balaban J connectivity index is 1.90. The first-order valence-corrected chi connectivity index (χ1v) is 6.47. The maximum Gasteiger partial charge on any atom is 0.251 e. The molecule has 0 bridgehead atoms. The van der Waals surface area contributed by atoms with Gasteiger partial charge in [-0.25, -0.2) is 0 Å². The monoisotopic (exact) mass is 258 g/mol. The Hall–Kier alpha value is -2.10. The number of carbonyl (C=O) groups excluding carboxylic acids is 2. The summed E-state index contributed by atoms with van der Waals surface area (Å²) in [7, 11) is 1.59. The van der Waals surface area contributed by atoms with Gasteiger partial charge in [0.2, 0.25) is 5.91 Å². The molecule has 0 aliphatic heterocycles. The molecular formula is C15H18N2O2. The van der Waals surface area contributed by atoms with E-state index >= 15 is 0 Å². The summed E-state index contributed by atoms with van der Waals surface area (Å²) in [5, 5.41) is 5.40. The molecule has 0 spiro atoms. The molecule has 2 N–H and O–H groups in total. The molecule has 4 nitrogen and oxygen atoms in total. The van der Waals surface area contributed by atoms with E-state index in [-0.39, 0.29) is 11.8 Å². The first-order chi connectivity index (χ1) is 9.19. The molecule has 1 aromatic rings. The zero-order chi connectivity index (χ0) is 13.7. The van der Waals surface area contributed by atoms with E-state index in [2.05, 4.69) is 22.8 Å². The zero-order valence-corrected chi connectivity index (χ0v) is 11.0. The normalized spacial score (nSPS) is 17.2. The van der Waals surface area contributed by atoms with Gasteiger partial charge in [-0.1, -0.05) is 12.2 Å². The number of carbonyl (C=O) groups is 2. The Morgan fingerprint density at radius 3 is 2.58 bits per heavy atom. The van der Waals surface area contributed by atoms with Gasteiger partial charge in [-0.05, 0) is 43.0 Å². The molecule has 1 unspecified atom stereocenters. The Bertz CT molecular complexity index is 491. The van der Waals surface area contributed by atoms with Crippen LogP contribution in [0, 0.1) is 5.92 Å². The van der Waals surface area contributed by atoms with Crippen molar-refractivity contribution in [1.29, 1.82) is 0 Å². The van der Waals surface area contributed by atoms with Crippen molar-refractivity contribution in [3.05, 3.63) is 42.0 Å². The second-order valence-corrected chi connectivity index (χ2v) is 4.67. The summed E-state index contributed by atoms with van der Waals surface area (Å²) in [5.41, 5.74) is 1.30. The maximum atomic E-state index is 11.8. The van der Waals surface area contributed by atoms with Gasteiger partial charge in [-0.3, -0.25) is 9.59 Å². The average Bonchev–Trinajstić information content (AvgIpc) is 2.91. The van der Waals surface area contributed by atoms with Crippen LogP contribution in [0.2, 0.25) is 0 Å². The van der Waals surface area contributed by atoms with E-state index in [4.69, 9.17) is 0 Å². The molecule has 2 rings (SSSR count). The molecule has 4 heteroatoms. The molecule has 0 saturated carbocycles. The van der Waals surface area contributed by atoms with E-state index in [1.54, 1.807) is 31.3 Å². The van der Waals surface area contributed by atoms with Crippen LogP contribution in [-0.4, -0.2) is 18.9 Å². The maximum absolute atomic E-state index is 11.8. The van der Waals surface area contributed by atoms with E-state index < -0.39 is 0 Å². The van der Waals surface area contributed by atoms with Gasteiger partial charge in [0.15, 0.2) is 0 Å². The Labute approximate surface area is 112 Å². The SMILES string of the molecule is CNC(=O)c1ccc(NC(=O)CC2C=CCC2)cc1. The molecule has 0 fully saturated rings. The number of benzene rings is 1. The van der Waals surface area contributed by atoms with Crippen molar-refractivity contribution in [3.8, 4) is 0 Å². The van der Waals surface area contributed by atoms with E-state index in [1.165, 1.54) is 0 Å². The highest BCUT2D eigenvalue weighted by atomic mass is 16.2. The fourth-order valence-corrected chi connectivity index (χ4v) is 2.16. The van der Waals surface area contributed by atoms with E-state index in [9.17, 15) is 9.59 Å². The first kappa shape index (κ1) is 13.3. The predicted octanol–water partition coefficient (Wildman–Crippen LogP) is 2.34. The van der Waals surface area contributed by atoms with Gasteiger partial charge in [0.05, 0.1) is 0 Å². The second kappa shape index (κ2) is 6.18. The van der Waals surface area contributed by atoms with Crippen LogP contribution in [0.4, 0.5) is 5.69 Å². The summed E-state index contributed by atoms with van der Waals surface area (Å²) in [6.45, 7) is 0. The highest BCUT2D eigenvalue weighted by Crippen LogP contribution is 2.21. The largest absolute Gasteiger partial charge is 0.355 e. The van der Waals surface area contributed by atoms with Crippen molar-refractivity contribution < 1.29 is 9.59 Å². The van der Waals surface area contributed by atoms with Gasteiger partial charge in [-0.15, -0.1) is 0 Å². The summed E-state index contributed by atoms with van der Waals surface area (Å²) in [6, 6.07) is 6.88. The van der Waals surface area contributed by atoms with Gasteiger partial charge < -0.3 is 10.6 Å². The molecule has 0 saturated heterocycles. The number of nitrogens with one attached hydrogen (secondary N) is 2. The molecule has 1 aromatic carbocycles. The van der Waals surface area contributed by atoms with Crippen LogP contribution in [-0.2, 0) is 4.79 Å².